The Labute approximate surface area is 239 Å². The lowest BCUT2D eigenvalue weighted by Crippen LogP contribution is -2.46. The number of hydrogen-bond acceptors (Lipinski definition) is 6. The molecule has 1 aliphatic heterocycles. The van der Waals surface area contributed by atoms with Crippen LogP contribution in [0.15, 0.2) is 54.0 Å². The molecule has 0 radical (unpaired) electrons. The first-order valence-corrected chi connectivity index (χ1v) is 13.0. The third-order valence-electron chi connectivity index (χ3n) is 6.80. The summed E-state index contributed by atoms with van der Waals surface area (Å²) in [4.78, 5) is 49.4. The number of anilines is 1. The van der Waals surface area contributed by atoms with E-state index in [4.69, 9.17) is 16.6 Å². The summed E-state index contributed by atoms with van der Waals surface area (Å²) in [6.45, 7) is 9.05. The zero-order valence-electron chi connectivity index (χ0n) is 22.8. The van der Waals surface area contributed by atoms with Crippen molar-refractivity contribution in [2.45, 2.75) is 51.5 Å². The molecule has 1 atom stereocenters. The zero-order valence-corrected chi connectivity index (χ0v) is 23.5. The van der Waals surface area contributed by atoms with Gasteiger partial charge in [0.2, 0.25) is 5.95 Å². The molecular weight excluding hydrogens is 561 g/mol. The maximum Gasteiger partial charge on any atom is 0.417 e. The summed E-state index contributed by atoms with van der Waals surface area (Å²) in [6.07, 6.45) is -1.60. The molecule has 2 N–H and O–H groups in total. The summed E-state index contributed by atoms with van der Waals surface area (Å²) in [7, 11) is 1.48. The second kappa shape index (κ2) is 11.0. The maximum atomic E-state index is 13.9. The molecule has 216 valence electrons. The molecule has 41 heavy (non-hydrogen) atoms. The SMILES string of the molecule is C=CC(C)(C)Nc1nc2c(c(=O)n1-c1ccc(C(=O)NC)nc1)C[C@@H](C)N(C(=O)c1ccc(Cl)c(C(F)(F)F)c1)C2. The van der Waals surface area contributed by atoms with Gasteiger partial charge in [-0.15, -0.1) is 6.58 Å². The Balaban J connectivity index is 1.79. The molecule has 2 amide bonds. The van der Waals surface area contributed by atoms with Gasteiger partial charge >= 0.3 is 6.18 Å². The molecule has 1 aromatic carbocycles. The van der Waals surface area contributed by atoms with Crippen LogP contribution in [0.4, 0.5) is 19.1 Å². The number of benzene rings is 1. The Morgan fingerprint density at radius 2 is 1.90 bits per heavy atom. The van der Waals surface area contributed by atoms with Gasteiger partial charge in [-0.25, -0.2) is 14.5 Å². The minimum Gasteiger partial charge on any atom is -0.354 e. The van der Waals surface area contributed by atoms with E-state index in [9.17, 15) is 27.6 Å². The number of carbonyl (C=O) groups is 2. The quantitative estimate of drug-likeness (QED) is 0.407. The predicted octanol–water partition coefficient (Wildman–Crippen LogP) is 4.62. The van der Waals surface area contributed by atoms with Crippen LogP contribution in [0, 0.1) is 0 Å². The highest BCUT2D eigenvalue weighted by molar-refractivity contribution is 6.31. The van der Waals surface area contributed by atoms with Gasteiger partial charge in [0.15, 0.2) is 0 Å². The van der Waals surface area contributed by atoms with E-state index in [2.05, 4.69) is 22.2 Å². The van der Waals surface area contributed by atoms with Gasteiger partial charge in [-0.3, -0.25) is 14.4 Å². The van der Waals surface area contributed by atoms with E-state index in [1.54, 1.807) is 19.1 Å². The second-order valence-electron chi connectivity index (χ2n) is 10.2. The van der Waals surface area contributed by atoms with Crippen LogP contribution in [0.2, 0.25) is 5.02 Å². The van der Waals surface area contributed by atoms with Crippen molar-refractivity contribution in [1.82, 2.24) is 24.8 Å². The number of nitrogens with one attached hydrogen (secondary N) is 2. The van der Waals surface area contributed by atoms with Crippen LogP contribution in [0.25, 0.3) is 5.69 Å². The Bertz CT molecular complexity index is 1580. The van der Waals surface area contributed by atoms with E-state index >= 15 is 0 Å². The first kappa shape index (κ1) is 29.8. The Kier molecular flexibility index (Phi) is 7.99. The Hall–Kier alpha value is -4.19. The minimum absolute atomic E-state index is 0.105. The molecule has 1 aliphatic rings. The number of fused-ring (bicyclic) bond motifs is 1. The van der Waals surface area contributed by atoms with Crippen LogP contribution >= 0.6 is 11.6 Å². The van der Waals surface area contributed by atoms with E-state index in [0.717, 1.165) is 12.1 Å². The molecule has 0 bridgehead atoms. The van der Waals surface area contributed by atoms with Crippen molar-refractivity contribution < 1.29 is 22.8 Å². The summed E-state index contributed by atoms with van der Waals surface area (Å²) in [5.74, 6) is -0.896. The molecule has 3 heterocycles. The van der Waals surface area contributed by atoms with Crippen LogP contribution in [0.5, 0.6) is 0 Å². The third kappa shape index (κ3) is 5.97. The fraction of sp³-hybridized carbons (Fsp3) is 0.321. The van der Waals surface area contributed by atoms with Gasteiger partial charge in [0, 0.05) is 24.2 Å². The minimum atomic E-state index is -4.73. The lowest BCUT2D eigenvalue weighted by atomic mass is 9.98. The van der Waals surface area contributed by atoms with Crippen LogP contribution in [-0.4, -0.2) is 49.9 Å². The summed E-state index contributed by atoms with van der Waals surface area (Å²) >= 11 is 5.73. The van der Waals surface area contributed by atoms with Crippen molar-refractivity contribution in [3.05, 3.63) is 92.6 Å². The van der Waals surface area contributed by atoms with Gasteiger partial charge in [-0.05, 0) is 57.5 Å². The van der Waals surface area contributed by atoms with Crippen molar-refractivity contribution >= 4 is 29.4 Å². The normalized spacial score (nSPS) is 15.2. The standard InChI is InChI=1S/C28H28ClF3N6O3/c1-6-27(3,4)36-26-35-22-14-37(24(40)16-7-9-20(29)19(12-16)28(30,31)32)15(2)11-18(22)25(41)38(26)17-8-10-21(34-13-17)23(39)33-5/h6-10,12-13,15H,1,11,14H2,2-5H3,(H,33,39)(H,35,36)/t15-/m1/s1. The third-order valence-corrected chi connectivity index (χ3v) is 7.13. The largest absolute Gasteiger partial charge is 0.417 e. The van der Waals surface area contributed by atoms with Gasteiger partial charge in [-0.2, -0.15) is 13.2 Å². The molecule has 2 aromatic heterocycles. The van der Waals surface area contributed by atoms with Gasteiger partial charge in [0.05, 0.1) is 40.2 Å². The van der Waals surface area contributed by atoms with Crippen LogP contribution in [-0.2, 0) is 19.1 Å². The molecule has 0 spiro atoms. The molecule has 0 saturated heterocycles. The van der Waals surface area contributed by atoms with E-state index in [0.29, 0.717) is 16.9 Å². The van der Waals surface area contributed by atoms with Crippen molar-refractivity contribution in [1.29, 1.82) is 0 Å². The first-order valence-electron chi connectivity index (χ1n) is 12.6. The fourth-order valence-corrected chi connectivity index (χ4v) is 4.64. The molecule has 4 rings (SSSR count). The second-order valence-corrected chi connectivity index (χ2v) is 10.6. The van der Waals surface area contributed by atoms with Gasteiger partial charge < -0.3 is 15.5 Å². The number of nitrogens with zero attached hydrogens (tertiary/aromatic N) is 4. The maximum absolute atomic E-state index is 13.9. The van der Waals surface area contributed by atoms with Gasteiger partial charge in [0.1, 0.15) is 5.69 Å². The highest BCUT2D eigenvalue weighted by Crippen LogP contribution is 2.36. The number of halogens is 4. The molecular formula is C28H28ClF3N6O3. The highest BCUT2D eigenvalue weighted by atomic mass is 35.5. The lowest BCUT2D eigenvalue weighted by Gasteiger charge is -2.35. The van der Waals surface area contributed by atoms with Crippen LogP contribution < -0.4 is 16.2 Å². The molecule has 3 aromatic rings. The van der Waals surface area contributed by atoms with Crippen molar-refractivity contribution in [2.75, 3.05) is 12.4 Å². The van der Waals surface area contributed by atoms with E-state index in [1.165, 1.54) is 34.8 Å². The molecule has 0 fully saturated rings. The van der Waals surface area contributed by atoms with Crippen molar-refractivity contribution in [3.8, 4) is 5.69 Å². The van der Waals surface area contributed by atoms with Gasteiger partial charge in [-0.1, -0.05) is 17.7 Å². The monoisotopic (exact) mass is 588 g/mol. The van der Waals surface area contributed by atoms with Crippen molar-refractivity contribution in [2.24, 2.45) is 0 Å². The number of carbonyl (C=O) groups excluding carboxylic acids is 2. The van der Waals surface area contributed by atoms with Gasteiger partial charge in [0.25, 0.3) is 17.4 Å². The number of hydrogen-bond donors (Lipinski definition) is 2. The van der Waals surface area contributed by atoms with E-state index in [1.807, 2.05) is 13.8 Å². The molecule has 0 aliphatic carbocycles. The molecule has 0 saturated carbocycles. The summed E-state index contributed by atoms with van der Waals surface area (Å²) in [5.41, 5.74) is -1.23. The highest BCUT2D eigenvalue weighted by Gasteiger charge is 2.36. The average molecular weight is 589 g/mol. The lowest BCUT2D eigenvalue weighted by molar-refractivity contribution is -0.137. The fourth-order valence-electron chi connectivity index (χ4n) is 4.42. The van der Waals surface area contributed by atoms with E-state index < -0.39 is 39.8 Å². The predicted molar refractivity (Wildman–Crippen MR) is 148 cm³/mol. The average Bonchev–Trinajstić information content (AvgIpc) is 2.92. The molecule has 13 heteroatoms. The number of amides is 2. The first-order chi connectivity index (χ1) is 19.2. The number of aromatic nitrogens is 3. The number of alkyl halides is 3. The summed E-state index contributed by atoms with van der Waals surface area (Å²) in [6, 6.07) is 5.53. The summed E-state index contributed by atoms with van der Waals surface area (Å²) < 4.78 is 41.6. The zero-order chi connectivity index (χ0) is 30.3. The smallest absolute Gasteiger partial charge is 0.354 e. The number of pyridine rings is 1. The van der Waals surface area contributed by atoms with Crippen LogP contribution in [0.1, 0.15) is 58.4 Å². The van der Waals surface area contributed by atoms with E-state index in [-0.39, 0.29) is 36.1 Å². The van der Waals surface area contributed by atoms with Crippen molar-refractivity contribution in [3.63, 3.8) is 0 Å². The number of rotatable bonds is 6. The summed E-state index contributed by atoms with van der Waals surface area (Å²) in [5, 5.41) is 5.15. The Morgan fingerprint density at radius 1 is 1.20 bits per heavy atom. The Morgan fingerprint density at radius 3 is 2.49 bits per heavy atom. The molecule has 0 unspecified atom stereocenters. The topological polar surface area (TPSA) is 109 Å². The van der Waals surface area contributed by atoms with Crippen LogP contribution in [0.3, 0.4) is 0 Å². The molecule has 9 nitrogen and oxygen atoms in total.